The lowest BCUT2D eigenvalue weighted by molar-refractivity contribution is -0.665. The van der Waals surface area contributed by atoms with Gasteiger partial charge >= 0.3 is 5.97 Å². The number of hydrogen-bond donors (Lipinski definition) is 2. The van der Waals surface area contributed by atoms with E-state index in [1.54, 1.807) is 0 Å². The molecule has 3 N–H and O–H groups in total. The van der Waals surface area contributed by atoms with Gasteiger partial charge in [-0.05, 0) is 6.08 Å². The molecule has 0 aliphatic carbocycles. The summed E-state index contributed by atoms with van der Waals surface area (Å²) in [7, 11) is -3.05. The third kappa shape index (κ3) is 2.63. The summed E-state index contributed by atoms with van der Waals surface area (Å²) in [5.41, 5.74) is 0. The van der Waals surface area contributed by atoms with E-state index < -0.39 is 15.8 Å². The third-order valence-corrected chi connectivity index (χ3v) is 2.97. The zero-order valence-corrected chi connectivity index (χ0v) is 7.12. The zero-order chi connectivity index (χ0) is 9.19. The Balaban J connectivity index is 2.40. The van der Waals surface area contributed by atoms with Gasteiger partial charge < -0.3 is 10.4 Å². The molecule has 0 bridgehead atoms. The second-order valence-electron chi connectivity index (χ2n) is 2.66. The van der Waals surface area contributed by atoms with Crippen molar-refractivity contribution >= 4 is 15.8 Å². The first-order chi connectivity index (χ1) is 5.49. The molecule has 1 unspecified atom stereocenters. The molecule has 1 rings (SSSR count). The molecule has 0 fully saturated rings. The number of nitrogens with two attached hydrogens (primary N) is 1. The van der Waals surface area contributed by atoms with Crippen LogP contribution in [0.25, 0.3) is 0 Å². The van der Waals surface area contributed by atoms with Crippen LogP contribution in [-0.4, -0.2) is 37.8 Å². The maximum Gasteiger partial charge on any atom is 0.359 e. The van der Waals surface area contributed by atoms with Gasteiger partial charge in [0.2, 0.25) is 0 Å². The number of hydrogen-bond acceptors (Lipinski definition) is 3. The van der Waals surface area contributed by atoms with Crippen LogP contribution in [0.4, 0.5) is 0 Å². The van der Waals surface area contributed by atoms with E-state index >= 15 is 0 Å². The van der Waals surface area contributed by atoms with Crippen LogP contribution in [0.15, 0.2) is 11.5 Å². The first-order valence-electron chi connectivity index (χ1n) is 3.46. The Morgan fingerprint density at radius 3 is 2.75 bits per heavy atom. The van der Waals surface area contributed by atoms with Crippen molar-refractivity contribution in [2.24, 2.45) is 0 Å². The SMILES string of the molecule is O=C(O)C[NH2+]C1C=CS(=O)(=O)C1. The smallest absolute Gasteiger partial charge is 0.359 e. The van der Waals surface area contributed by atoms with Gasteiger partial charge in [0.1, 0.15) is 11.8 Å². The topological polar surface area (TPSA) is 88.0 Å². The highest BCUT2D eigenvalue weighted by atomic mass is 32.2. The summed E-state index contributed by atoms with van der Waals surface area (Å²) in [6.07, 6.45) is 1.51. The summed E-state index contributed by atoms with van der Waals surface area (Å²) in [4.78, 5) is 10.1. The second-order valence-corrected chi connectivity index (χ2v) is 4.59. The summed E-state index contributed by atoms with van der Waals surface area (Å²) in [5.74, 6) is -0.923. The average molecular weight is 192 g/mol. The molecule has 12 heavy (non-hydrogen) atoms. The quantitative estimate of drug-likeness (QED) is 0.538. The van der Waals surface area contributed by atoms with Gasteiger partial charge in [0.25, 0.3) is 0 Å². The fourth-order valence-corrected chi connectivity index (χ4v) is 2.33. The van der Waals surface area contributed by atoms with Gasteiger partial charge in [-0.2, -0.15) is 0 Å². The predicted octanol–water partition coefficient (Wildman–Crippen LogP) is -2.05. The first-order valence-corrected chi connectivity index (χ1v) is 5.17. The molecule has 1 heterocycles. The van der Waals surface area contributed by atoms with E-state index in [1.165, 1.54) is 11.4 Å². The molecule has 0 aromatic rings. The van der Waals surface area contributed by atoms with Crippen molar-refractivity contribution in [2.75, 3.05) is 12.3 Å². The van der Waals surface area contributed by atoms with Gasteiger partial charge in [-0.1, -0.05) is 0 Å². The van der Waals surface area contributed by atoms with Gasteiger partial charge in [0, 0.05) is 5.41 Å². The van der Waals surface area contributed by atoms with Crippen molar-refractivity contribution in [3.63, 3.8) is 0 Å². The van der Waals surface area contributed by atoms with Crippen LogP contribution in [0.3, 0.4) is 0 Å². The van der Waals surface area contributed by atoms with Crippen molar-refractivity contribution < 1.29 is 23.6 Å². The zero-order valence-electron chi connectivity index (χ0n) is 6.30. The molecule has 5 nitrogen and oxygen atoms in total. The molecule has 0 saturated heterocycles. The van der Waals surface area contributed by atoms with Crippen molar-refractivity contribution in [1.82, 2.24) is 0 Å². The van der Waals surface area contributed by atoms with E-state index in [-0.39, 0.29) is 18.3 Å². The maximum atomic E-state index is 10.8. The number of carbonyl (C=O) groups is 1. The minimum atomic E-state index is -3.05. The Bertz CT molecular complexity index is 306. The van der Waals surface area contributed by atoms with Crippen LogP contribution in [0.5, 0.6) is 0 Å². The molecule has 0 amide bonds. The number of sulfone groups is 1. The molecular weight excluding hydrogens is 182 g/mol. The molecule has 1 atom stereocenters. The van der Waals surface area contributed by atoms with Crippen LogP contribution in [0.1, 0.15) is 0 Å². The molecule has 0 radical (unpaired) electrons. The van der Waals surface area contributed by atoms with E-state index in [9.17, 15) is 13.2 Å². The highest BCUT2D eigenvalue weighted by Gasteiger charge is 2.24. The van der Waals surface area contributed by atoms with Crippen molar-refractivity contribution in [1.29, 1.82) is 0 Å². The van der Waals surface area contributed by atoms with E-state index in [0.717, 1.165) is 5.41 Å². The molecule has 0 spiro atoms. The normalized spacial score (nSPS) is 25.8. The minimum absolute atomic E-state index is 0.0142. The lowest BCUT2D eigenvalue weighted by Gasteiger charge is -2.02. The lowest BCUT2D eigenvalue weighted by Crippen LogP contribution is -2.91. The summed E-state index contributed by atoms with van der Waals surface area (Å²) in [6.45, 7) is -0.0927. The van der Waals surface area contributed by atoms with Crippen LogP contribution in [-0.2, 0) is 14.6 Å². The highest BCUT2D eigenvalue weighted by molar-refractivity contribution is 7.94. The van der Waals surface area contributed by atoms with Crippen molar-refractivity contribution in [3.8, 4) is 0 Å². The lowest BCUT2D eigenvalue weighted by atomic mass is 10.3. The Morgan fingerprint density at radius 1 is 1.67 bits per heavy atom. The highest BCUT2D eigenvalue weighted by Crippen LogP contribution is 2.03. The number of carboxylic acids is 1. The Morgan fingerprint density at radius 2 is 2.33 bits per heavy atom. The monoisotopic (exact) mass is 192 g/mol. The van der Waals surface area contributed by atoms with E-state index in [2.05, 4.69) is 0 Å². The van der Waals surface area contributed by atoms with E-state index in [4.69, 9.17) is 5.11 Å². The molecule has 0 aromatic heterocycles. The van der Waals surface area contributed by atoms with Crippen molar-refractivity contribution in [2.45, 2.75) is 6.04 Å². The number of rotatable bonds is 3. The largest absolute Gasteiger partial charge is 0.477 e. The summed E-state index contributed by atoms with van der Waals surface area (Å²) < 4.78 is 21.7. The van der Waals surface area contributed by atoms with Crippen LogP contribution >= 0.6 is 0 Å². The number of aliphatic carboxylic acids is 1. The van der Waals surface area contributed by atoms with Gasteiger partial charge in [0.15, 0.2) is 16.4 Å². The second kappa shape index (κ2) is 3.24. The molecule has 1 aliphatic heterocycles. The van der Waals surface area contributed by atoms with Crippen LogP contribution < -0.4 is 5.32 Å². The Hall–Kier alpha value is -0.880. The maximum absolute atomic E-state index is 10.8. The predicted molar refractivity (Wildman–Crippen MR) is 41.1 cm³/mol. The summed E-state index contributed by atoms with van der Waals surface area (Å²) >= 11 is 0. The van der Waals surface area contributed by atoms with Gasteiger partial charge in [0.05, 0.1) is 0 Å². The number of carboxylic acid groups (broad SMARTS) is 1. The molecule has 0 saturated carbocycles. The van der Waals surface area contributed by atoms with E-state index in [0.29, 0.717) is 0 Å². The Labute approximate surface area is 70.0 Å². The first kappa shape index (κ1) is 9.21. The summed E-state index contributed by atoms with van der Waals surface area (Å²) in [6, 6.07) is -0.230. The number of quaternary nitrogens is 1. The van der Waals surface area contributed by atoms with Gasteiger partial charge in [-0.25, -0.2) is 13.2 Å². The molecule has 68 valence electrons. The molecule has 6 heteroatoms. The molecular formula is C6H10NO4S+. The van der Waals surface area contributed by atoms with Crippen molar-refractivity contribution in [3.05, 3.63) is 11.5 Å². The van der Waals surface area contributed by atoms with Crippen LogP contribution in [0, 0.1) is 0 Å². The van der Waals surface area contributed by atoms with Gasteiger partial charge in [-0.15, -0.1) is 0 Å². The van der Waals surface area contributed by atoms with Crippen LogP contribution in [0.2, 0.25) is 0 Å². The van der Waals surface area contributed by atoms with Gasteiger partial charge in [-0.3, -0.25) is 0 Å². The Kier molecular flexibility index (Phi) is 2.49. The minimum Gasteiger partial charge on any atom is -0.477 e. The average Bonchev–Trinajstić information content (AvgIpc) is 2.26. The molecule has 1 aliphatic rings. The fourth-order valence-electron chi connectivity index (χ4n) is 0.999. The standard InChI is InChI=1S/C6H9NO4S/c8-6(9)3-7-5-1-2-12(10,11)4-5/h1-2,5,7H,3-4H2,(H,8,9)/p+1. The molecule has 0 aromatic carbocycles. The summed E-state index contributed by atoms with van der Waals surface area (Å²) in [5, 5.41) is 10.9. The van der Waals surface area contributed by atoms with E-state index in [1.807, 2.05) is 0 Å². The third-order valence-electron chi connectivity index (χ3n) is 1.55. The fraction of sp³-hybridized carbons (Fsp3) is 0.500.